The topological polar surface area (TPSA) is 17.1 Å². The molecule has 0 aliphatic rings. The molecular formula is C14H19ClO. The lowest BCUT2D eigenvalue weighted by molar-refractivity contribution is -0.111. The van der Waals surface area contributed by atoms with Crippen LogP contribution in [0.15, 0.2) is 30.3 Å². The molecule has 2 heteroatoms. The molecule has 0 N–H and O–H groups in total. The predicted octanol–water partition coefficient (Wildman–Crippen LogP) is 3.84. The number of hydrogen-bond acceptors (Lipinski definition) is 1. The second-order valence-electron chi connectivity index (χ2n) is 4.11. The summed E-state index contributed by atoms with van der Waals surface area (Å²) in [6.07, 6.45) is 6.08. The third-order valence-electron chi connectivity index (χ3n) is 2.80. The quantitative estimate of drug-likeness (QED) is 0.382. The fourth-order valence-corrected chi connectivity index (χ4v) is 1.97. The SMILES string of the molecule is O=C[C@H](CCCCCl)CCc1ccccc1. The highest BCUT2D eigenvalue weighted by Gasteiger charge is 2.06. The molecule has 16 heavy (non-hydrogen) atoms. The van der Waals surface area contributed by atoms with Gasteiger partial charge in [0.15, 0.2) is 0 Å². The van der Waals surface area contributed by atoms with Crippen LogP contribution in [0.25, 0.3) is 0 Å². The first-order valence-corrected chi connectivity index (χ1v) is 6.45. The minimum atomic E-state index is 0.198. The van der Waals surface area contributed by atoms with E-state index in [9.17, 15) is 4.79 Å². The first-order valence-electron chi connectivity index (χ1n) is 5.92. The highest BCUT2D eigenvalue weighted by Crippen LogP contribution is 2.14. The van der Waals surface area contributed by atoms with Gasteiger partial charge in [-0.2, -0.15) is 0 Å². The van der Waals surface area contributed by atoms with Gasteiger partial charge in [-0.3, -0.25) is 0 Å². The van der Waals surface area contributed by atoms with Crippen molar-refractivity contribution in [2.75, 3.05) is 5.88 Å². The minimum Gasteiger partial charge on any atom is -0.303 e. The van der Waals surface area contributed by atoms with Gasteiger partial charge >= 0.3 is 0 Å². The number of halogens is 1. The minimum absolute atomic E-state index is 0.198. The first kappa shape index (κ1) is 13.2. The van der Waals surface area contributed by atoms with Crippen molar-refractivity contribution in [3.63, 3.8) is 0 Å². The molecule has 0 bridgehead atoms. The van der Waals surface area contributed by atoms with Gasteiger partial charge in [0.25, 0.3) is 0 Å². The zero-order valence-electron chi connectivity index (χ0n) is 9.57. The van der Waals surface area contributed by atoms with Crippen LogP contribution >= 0.6 is 11.6 Å². The van der Waals surface area contributed by atoms with E-state index in [1.54, 1.807) is 0 Å². The number of carbonyl (C=O) groups excluding carboxylic acids is 1. The summed E-state index contributed by atoms with van der Waals surface area (Å²) >= 11 is 5.61. The van der Waals surface area contributed by atoms with Gasteiger partial charge in [-0.1, -0.05) is 36.8 Å². The molecular weight excluding hydrogens is 220 g/mol. The monoisotopic (exact) mass is 238 g/mol. The lowest BCUT2D eigenvalue weighted by Crippen LogP contribution is -2.04. The Morgan fingerprint density at radius 2 is 1.88 bits per heavy atom. The Labute approximate surface area is 103 Å². The number of unbranched alkanes of at least 4 members (excludes halogenated alkanes) is 1. The largest absolute Gasteiger partial charge is 0.303 e. The number of hydrogen-bond donors (Lipinski definition) is 0. The van der Waals surface area contributed by atoms with E-state index in [0.29, 0.717) is 5.88 Å². The van der Waals surface area contributed by atoms with Crippen LogP contribution in [-0.2, 0) is 11.2 Å². The Balaban J connectivity index is 2.26. The molecule has 0 aliphatic carbocycles. The summed E-state index contributed by atoms with van der Waals surface area (Å²) < 4.78 is 0. The molecule has 0 spiro atoms. The molecule has 1 aromatic rings. The van der Waals surface area contributed by atoms with Gasteiger partial charge in [0.2, 0.25) is 0 Å². The fourth-order valence-electron chi connectivity index (χ4n) is 1.78. The van der Waals surface area contributed by atoms with E-state index in [2.05, 4.69) is 12.1 Å². The van der Waals surface area contributed by atoms with Crippen LogP contribution in [0.2, 0.25) is 0 Å². The predicted molar refractivity (Wildman–Crippen MR) is 68.9 cm³/mol. The molecule has 0 aromatic heterocycles. The molecule has 1 aromatic carbocycles. The van der Waals surface area contributed by atoms with Crippen LogP contribution in [0.3, 0.4) is 0 Å². The molecule has 0 amide bonds. The zero-order chi connectivity index (χ0) is 11.6. The van der Waals surface area contributed by atoms with E-state index >= 15 is 0 Å². The van der Waals surface area contributed by atoms with Crippen LogP contribution in [0.4, 0.5) is 0 Å². The maximum Gasteiger partial charge on any atom is 0.123 e. The van der Waals surface area contributed by atoms with Crippen LogP contribution in [0.5, 0.6) is 0 Å². The molecule has 1 nitrogen and oxygen atoms in total. The average Bonchev–Trinajstić information content (AvgIpc) is 2.35. The normalized spacial score (nSPS) is 12.3. The van der Waals surface area contributed by atoms with Crippen molar-refractivity contribution in [3.8, 4) is 0 Å². The van der Waals surface area contributed by atoms with Crippen LogP contribution in [0.1, 0.15) is 31.2 Å². The molecule has 88 valence electrons. The van der Waals surface area contributed by atoms with Crippen molar-refractivity contribution < 1.29 is 4.79 Å². The Morgan fingerprint density at radius 1 is 1.12 bits per heavy atom. The maximum atomic E-state index is 10.9. The highest BCUT2D eigenvalue weighted by molar-refractivity contribution is 6.17. The van der Waals surface area contributed by atoms with Crippen LogP contribution < -0.4 is 0 Å². The summed E-state index contributed by atoms with van der Waals surface area (Å²) in [6, 6.07) is 10.3. The smallest absolute Gasteiger partial charge is 0.123 e. The first-order chi connectivity index (χ1) is 7.86. The van der Waals surface area contributed by atoms with E-state index in [4.69, 9.17) is 11.6 Å². The molecule has 0 aliphatic heterocycles. The number of benzene rings is 1. The van der Waals surface area contributed by atoms with Crippen LogP contribution in [-0.4, -0.2) is 12.2 Å². The number of alkyl halides is 1. The summed E-state index contributed by atoms with van der Waals surface area (Å²) in [4.78, 5) is 10.9. The molecule has 1 atom stereocenters. The van der Waals surface area contributed by atoms with E-state index in [1.165, 1.54) is 5.56 Å². The van der Waals surface area contributed by atoms with Crippen LogP contribution in [0, 0.1) is 5.92 Å². The second kappa shape index (κ2) is 8.35. The van der Waals surface area contributed by atoms with Gasteiger partial charge in [0, 0.05) is 11.8 Å². The summed E-state index contributed by atoms with van der Waals surface area (Å²) in [5.41, 5.74) is 1.31. The van der Waals surface area contributed by atoms with Crippen molar-refractivity contribution >= 4 is 17.9 Å². The van der Waals surface area contributed by atoms with Gasteiger partial charge in [-0.25, -0.2) is 0 Å². The van der Waals surface area contributed by atoms with Gasteiger partial charge in [0.05, 0.1) is 0 Å². The Hall–Kier alpha value is -0.820. The molecule has 0 saturated heterocycles. The van der Waals surface area contributed by atoms with E-state index in [0.717, 1.165) is 38.4 Å². The second-order valence-corrected chi connectivity index (χ2v) is 4.48. The van der Waals surface area contributed by atoms with Crippen molar-refractivity contribution in [1.29, 1.82) is 0 Å². The molecule has 1 rings (SSSR count). The third kappa shape index (κ3) is 5.32. The molecule has 0 fully saturated rings. The fraction of sp³-hybridized carbons (Fsp3) is 0.500. The summed E-state index contributed by atoms with van der Waals surface area (Å²) in [5.74, 6) is 0.896. The van der Waals surface area contributed by atoms with Gasteiger partial charge in [-0.05, 0) is 31.2 Å². The summed E-state index contributed by atoms with van der Waals surface area (Å²) in [6.45, 7) is 0. The standard InChI is InChI=1S/C14H19ClO/c15-11-5-4-8-14(12-16)10-9-13-6-2-1-3-7-13/h1-3,6-7,12,14H,4-5,8-11H2/t14-/m1/s1. The van der Waals surface area contributed by atoms with Gasteiger partial charge in [0.1, 0.15) is 6.29 Å². The lowest BCUT2D eigenvalue weighted by atomic mass is 9.96. The third-order valence-corrected chi connectivity index (χ3v) is 3.06. The van der Waals surface area contributed by atoms with E-state index in [1.807, 2.05) is 18.2 Å². The van der Waals surface area contributed by atoms with Crippen molar-refractivity contribution in [1.82, 2.24) is 0 Å². The van der Waals surface area contributed by atoms with Gasteiger partial charge < -0.3 is 4.79 Å². The Bertz CT molecular complexity index is 284. The Morgan fingerprint density at radius 3 is 2.50 bits per heavy atom. The molecule has 0 heterocycles. The Kier molecular flexibility index (Phi) is 6.91. The number of aldehydes is 1. The van der Waals surface area contributed by atoms with E-state index in [-0.39, 0.29) is 5.92 Å². The number of aryl methyl sites for hydroxylation is 1. The van der Waals surface area contributed by atoms with Crippen molar-refractivity contribution in [2.24, 2.45) is 5.92 Å². The average molecular weight is 239 g/mol. The lowest BCUT2D eigenvalue weighted by Gasteiger charge is -2.09. The number of carbonyl (C=O) groups is 1. The van der Waals surface area contributed by atoms with Crippen molar-refractivity contribution in [2.45, 2.75) is 32.1 Å². The summed E-state index contributed by atoms with van der Waals surface area (Å²) in [5, 5.41) is 0. The maximum absolute atomic E-state index is 10.9. The highest BCUT2D eigenvalue weighted by atomic mass is 35.5. The van der Waals surface area contributed by atoms with Crippen molar-refractivity contribution in [3.05, 3.63) is 35.9 Å². The molecule has 0 unspecified atom stereocenters. The van der Waals surface area contributed by atoms with Gasteiger partial charge in [-0.15, -0.1) is 11.6 Å². The molecule has 0 radical (unpaired) electrons. The number of rotatable bonds is 8. The van der Waals surface area contributed by atoms with E-state index < -0.39 is 0 Å². The zero-order valence-corrected chi connectivity index (χ0v) is 10.3. The summed E-state index contributed by atoms with van der Waals surface area (Å²) in [7, 11) is 0. The molecule has 0 saturated carbocycles.